The highest BCUT2D eigenvalue weighted by Crippen LogP contribution is 2.31. The summed E-state index contributed by atoms with van der Waals surface area (Å²) >= 11 is 0. The van der Waals surface area contributed by atoms with Crippen molar-refractivity contribution in [2.45, 2.75) is 63.5 Å². The Kier molecular flexibility index (Phi) is 4.99. The van der Waals surface area contributed by atoms with Crippen molar-refractivity contribution < 1.29 is 13.6 Å². The summed E-state index contributed by atoms with van der Waals surface area (Å²) in [7, 11) is 0. The van der Waals surface area contributed by atoms with Crippen molar-refractivity contribution in [3.05, 3.63) is 18.2 Å². The highest BCUT2D eigenvalue weighted by Gasteiger charge is 2.39. The van der Waals surface area contributed by atoms with Crippen LogP contribution in [0.2, 0.25) is 0 Å². The molecule has 1 amide bonds. The summed E-state index contributed by atoms with van der Waals surface area (Å²) in [6.45, 7) is 2.79. The van der Waals surface area contributed by atoms with Crippen LogP contribution in [0.3, 0.4) is 0 Å². The van der Waals surface area contributed by atoms with Crippen LogP contribution in [0.25, 0.3) is 0 Å². The Labute approximate surface area is 153 Å². The third-order valence-electron chi connectivity index (χ3n) is 6.23. The molecule has 0 radical (unpaired) electrons. The van der Waals surface area contributed by atoms with Crippen LogP contribution in [0.5, 0.6) is 0 Å². The van der Waals surface area contributed by atoms with Gasteiger partial charge in [0.1, 0.15) is 6.04 Å². The molecule has 1 unspecified atom stereocenters. The van der Waals surface area contributed by atoms with E-state index in [4.69, 9.17) is 0 Å². The predicted octanol–water partition coefficient (Wildman–Crippen LogP) is 3.08. The molecule has 0 aromatic carbocycles. The van der Waals surface area contributed by atoms with Crippen molar-refractivity contribution in [1.29, 1.82) is 0 Å². The molecule has 2 fully saturated rings. The number of hydrogen-bond acceptors (Lipinski definition) is 3. The first-order valence-corrected chi connectivity index (χ1v) is 9.91. The zero-order valence-electron chi connectivity index (χ0n) is 15.2. The number of alkyl halides is 2. The van der Waals surface area contributed by atoms with Gasteiger partial charge in [0.2, 0.25) is 5.91 Å². The van der Waals surface area contributed by atoms with Gasteiger partial charge in [-0.3, -0.25) is 9.69 Å². The standard InChI is InChI=1S/C19H28F2N4O/c20-19(21)6-8-24(9-7-19)18(26)17-13-23(11-15-4-2-1-3-5-15)12-16-10-22-14-25(16)17/h10,14-15,17H,1-9,11-13H2. The Hall–Kier alpha value is -1.50. The van der Waals surface area contributed by atoms with Gasteiger partial charge in [-0.05, 0) is 18.8 Å². The van der Waals surface area contributed by atoms with E-state index < -0.39 is 5.92 Å². The van der Waals surface area contributed by atoms with E-state index in [0.717, 1.165) is 18.8 Å². The molecule has 1 atom stereocenters. The van der Waals surface area contributed by atoms with Crippen LogP contribution in [0, 0.1) is 5.92 Å². The average Bonchev–Trinajstić information content (AvgIpc) is 3.10. The Balaban J connectivity index is 1.45. The monoisotopic (exact) mass is 366 g/mol. The Bertz CT molecular complexity index is 631. The molecule has 1 aromatic heterocycles. The number of hydrogen-bond donors (Lipinski definition) is 0. The number of fused-ring (bicyclic) bond motifs is 1. The third-order valence-corrected chi connectivity index (χ3v) is 6.23. The molecule has 1 saturated heterocycles. The number of rotatable bonds is 3. The molecule has 7 heteroatoms. The van der Waals surface area contributed by atoms with E-state index in [2.05, 4.69) is 9.88 Å². The van der Waals surface area contributed by atoms with Crippen molar-refractivity contribution in [3.8, 4) is 0 Å². The smallest absolute Gasteiger partial charge is 0.251 e. The van der Waals surface area contributed by atoms with Gasteiger partial charge in [0.15, 0.2) is 0 Å². The summed E-state index contributed by atoms with van der Waals surface area (Å²) in [5.41, 5.74) is 1.05. The molecule has 3 heterocycles. The zero-order valence-corrected chi connectivity index (χ0v) is 15.2. The number of imidazole rings is 1. The Morgan fingerprint density at radius 3 is 2.65 bits per heavy atom. The van der Waals surface area contributed by atoms with Crippen LogP contribution in [0.1, 0.15) is 56.7 Å². The molecule has 0 spiro atoms. The van der Waals surface area contributed by atoms with Gasteiger partial charge >= 0.3 is 0 Å². The van der Waals surface area contributed by atoms with Crippen LogP contribution in [0.4, 0.5) is 8.78 Å². The minimum Gasteiger partial charge on any atom is -0.340 e. The minimum absolute atomic E-state index is 0.0342. The molecule has 5 nitrogen and oxygen atoms in total. The van der Waals surface area contributed by atoms with E-state index in [1.807, 2.05) is 10.8 Å². The van der Waals surface area contributed by atoms with E-state index >= 15 is 0 Å². The third kappa shape index (κ3) is 3.77. The normalized spacial score (nSPS) is 27.3. The van der Waals surface area contributed by atoms with Gasteiger partial charge in [-0.15, -0.1) is 0 Å². The van der Waals surface area contributed by atoms with Crippen LogP contribution in [0.15, 0.2) is 12.5 Å². The van der Waals surface area contributed by atoms with E-state index in [1.54, 1.807) is 11.2 Å². The highest BCUT2D eigenvalue weighted by molar-refractivity contribution is 5.81. The second-order valence-electron chi connectivity index (χ2n) is 8.19. The molecule has 3 aliphatic rings. The number of nitrogens with zero attached hydrogens (tertiary/aromatic N) is 4. The van der Waals surface area contributed by atoms with E-state index in [0.29, 0.717) is 12.5 Å². The van der Waals surface area contributed by atoms with E-state index in [1.165, 1.54) is 32.1 Å². The molecule has 1 aliphatic carbocycles. The molecule has 144 valence electrons. The molecule has 0 N–H and O–H groups in total. The number of likely N-dealkylation sites (tertiary alicyclic amines) is 1. The van der Waals surface area contributed by atoms with Crippen molar-refractivity contribution in [2.24, 2.45) is 5.92 Å². The lowest BCUT2D eigenvalue weighted by molar-refractivity contribution is -0.142. The Morgan fingerprint density at radius 2 is 1.92 bits per heavy atom. The van der Waals surface area contributed by atoms with Crippen LogP contribution in [-0.4, -0.2) is 57.4 Å². The maximum Gasteiger partial charge on any atom is 0.251 e. The fraction of sp³-hybridized carbons (Fsp3) is 0.789. The average molecular weight is 366 g/mol. The number of piperidine rings is 1. The maximum absolute atomic E-state index is 13.4. The van der Waals surface area contributed by atoms with Gasteiger partial charge in [0, 0.05) is 51.8 Å². The second-order valence-corrected chi connectivity index (χ2v) is 8.19. The molecular weight excluding hydrogens is 338 g/mol. The first-order valence-electron chi connectivity index (χ1n) is 9.91. The highest BCUT2D eigenvalue weighted by atomic mass is 19.3. The van der Waals surface area contributed by atoms with Crippen LogP contribution < -0.4 is 0 Å². The first-order chi connectivity index (χ1) is 12.5. The molecule has 2 aliphatic heterocycles. The number of amides is 1. The summed E-state index contributed by atoms with van der Waals surface area (Å²) in [6, 6.07) is -0.337. The van der Waals surface area contributed by atoms with Gasteiger partial charge < -0.3 is 9.47 Å². The van der Waals surface area contributed by atoms with Crippen LogP contribution in [-0.2, 0) is 11.3 Å². The summed E-state index contributed by atoms with van der Waals surface area (Å²) in [4.78, 5) is 21.3. The number of aromatic nitrogens is 2. The van der Waals surface area contributed by atoms with Gasteiger partial charge in [-0.1, -0.05) is 19.3 Å². The lowest BCUT2D eigenvalue weighted by Gasteiger charge is -2.39. The fourth-order valence-corrected chi connectivity index (χ4v) is 4.70. The summed E-state index contributed by atoms with van der Waals surface area (Å²) in [5.74, 6) is -1.95. The largest absolute Gasteiger partial charge is 0.340 e. The van der Waals surface area contributed by atoms with Crippen molar-refractivity contribution >= 4 is 5.91 Å². The van der Waals surface area contributed by atoms with Gasteiger partial charge in [0.25, 0.3) is 5.92 Å². The molecule has 4 rings (SSSR count). The molecule has 1 aromatic rings. The van der Waals surface area contributed by atoms with Crippen LogP contribution >= 0.6 is 0 Å². The predicted molar refractivity (Wildman–Crippen MR) is 93.9 cm³/mol. The summed E-state index contributed by atoms with van der Waals surface area (Å²) < 4.78 is 28.8. The van der Waals surface area contributed by atoms with Crippen molar-refractivity contribution in [1.82, 2.24) is 19.4 Å². The quantitative estimate of drug-likeness (QED) is 0.826. The second kappa shape index (κ2) is 7.25. The number of halogens is 2. The lowest BCUT2D eigenvalue weighted by Crippen LogP contribution is -2.50. The Morgan fingerprint density at radius 1 is 1.19 bits per heavy atom. The van der Waals surface area contributed by atoms with Crippen molar-refractivity contribution in [3.63, 3.8) is 0 Å². The SMILES string of the molecule is O=C(C1CN(CC2CCCCC2)Cc2cncn21)N1CCC(F)(F)CC1. The summed E-state index contributed by atoms with van der Waals surface area (Å²) in [5, 5.41) is 0. The minimum atomic E-state index is -2.63. The van der Waals surface area contributed by atoms with Crippen molar-refractivity contribution in [2.75, 3.05) is 26.2 Å². The zero-order chi connectivity index (χ0) is 18.1. The number of carbonyl (C=O) groups is 1. The van der Waals surface area contributed by atoms with Gasteiger partial charge in [-0.2, -0.15) is 0 Å². The molecular formula is C19H28F2N4O. The maximum atomic E-state index is 13.4. The van der Waals surface area contributed by atoms with E-state index in [9.17, 15) is 13.6 Å². The van der Waals surface area contributed by atoms with E-state index in [-0.39, 0.29) is 37.9 Å². The van der Waals surface area contributed by atoms with Gasteiger partial charge in [-0.25, -0.2) is 13.8 Å². The summed E-state index contributed by atoms with van der Waals surface area (Å²) in [6.07, 6.45) is 9.59. The topological polar surface area (TPSA) is 41.4 Å². The lowest BCUT2D eigenvalue weighted by atomic mass is 9.88. The molecule has 1 saturated carbocycles. The fourth-order valence-electron chi connectivity index (χ4n) is 4.70. The van der Waals surface area contributed by atoms with Gasteiger partial charge in [0.05, 0.1) is 12.0 Å². The molecule has 0 bridgehead atoms. The number of carbonyl (C=O) groups excluding carboxylic acids is 1. The first kappa shape index (κ1) is 17.9. The molecule has 26 heavy (non-hydrogen) atoms.